The van der Waals surface area contributed by atoms with Gasteiger partial charge >= 0.3 is 6.01 Å². The summed E-state index contributed by atoms with van der Waals surface area (Å²) >= 11 is 0. The number of amides is 1. The lowest BCUT2D eigenvalue weighted by molar-refractivity contribution is -0.126. The van der Waals surface area contributed by atoms with Gasteiger partial charge in [-0.2, -0.15) is 9.97 Å². The van der Waals surface area contributed by atoms with Crippen molar-refractivity contribution in [1.82, 2.24) is 14.9 Å². The molecule has 2 aliphatic heterocycles. The quantitative estimate of drug-likeness (QED) is 0.625. The molecule has 8 nitrogen and oxygen atoms in total. The number of piperazine rings is 1. The number of aromatic nitrogens is 2. The zero-order valence-corrected chi connectivity index (χ0v) is 20.0. The van der Waals surface area contributed by atoms with Crippen LogP contribution in [0.15, 0.2) is 30.4 Å². The largest absolute Gasteiger partial charge is 0.467 e. The molecule has 1 aromatic carbocycles. The Balaban J connectivity index is 1.52. The summed E-state index contributed by atoms with van der Waals surface area (Å²) in [5.74, 6) is 0.970. The number of fused-ring (bicyclic) bond motifs is 1. The highest BCUT2D eigenvalue weighted by Crippen LogP contribution is 2.33. The Morgan fingerprint density at radius 2 is 1.85 bits per heavy atom. The predicted molar refractivity (Wildman–Crippen MR) is 129 cm³/mol. The Kier molecular flexibility index (Phi) is 7.13. The Morgan fingerprint density at radius 3 is 2.58 bits per heavy atom. The Morgan fingerprint density at radius 1 is 1.06 bits per heavy atom. The van der Waals surface area contributed by atoms with E-state index in [4.69, 9.17) is 19.4 Å². The van der Waals surface area contributed by atoms with Crippen molar-refractivity contribution in [3.63, 3.8) is 0 Å². The van der Waals surface area contributed by atoms with Crippen molar-refractivity contribution >= 4 is 17.4 Å². The van der Waals surface area contributed by atoms with Crippen molar-refractivity contribution < 1.29 is 14.3 Å². The molecule has 0 spiro atoms. The maximum Gasteiger partial charge on any atom is 0.318 e. The van der Waals surface area contributed by atoms with Gasteiger partial charge in [-0.15, -0.1) is 0 Å². The lowest BCUT2D eigenvalue weighted by Gasteiger charge is -2.38. The van der Waals surface area contributed by atoms with E-state index in [1.54, 1.807) is 26.4 Å². The number of carbonyl (C=O) groups is 1. The van der Waals surface area contributed by atoms with Gasteiger partial charge in [-0.3, -0.25) is 4.79 Å². The molecule has 0 unspecified atom stereocenters. The van der Waals surface area contributed by atoms with E-state index in [1.807, 2.05) is 4.90 Å². The predicted octanol–water partition coefficient (Wildman–Crippen LogP) is 2.52. The molecule has 0 N–H and O–H groups in total. The zero-order chi connectivity index (χ0) is 23.4. The summed E-state index contributed by atoms with van der Waals surface area (Å²) in [5.41, 5.74) is 6.07. The van der Waals surface area contributed by atoms with Crippen LogP contribution in [-0.4, -0.2) is 74.3 Å². The van der Waals surface area contributed by atoms with E-state index in [9.17, 15) is 4.79 Å². The number of benzene rings is 1. The second-order valence-electron chi connectivity index (χ2n) is 8.52. The summed E-state index contributed by atoms with van der Waals surface area (Å²) in [6, 6.07) is 6.85. The molecule has 0 bridgehead atoms. The van der Waals surface area contributed by atoms with Gasteiger partial charge in [-0.05, 0) is 37.5 Å². The number of nitrogens with zero attached hydrogens (tertiary/aromatic N) is 5. The lowest BCUT2D eigenvalue weighted by Crippen LogP contribution is -2.49. The minimum Gasteiger partial charge on any atom is -0.467 e. The van der Waals surface area contributed by atoms with Crippen molar-refractivity contribution in [3.8, 4) is 6.01 Å². The molecule has 1 fully saturated rings. The van der Waals surface area contributed by atoms with Gasteiger partial charge < -0.3 is 24.2 Å². The van der Waals surface area contributed by atoms with Crippen LogP contribution < -0.4 is 14.5 Å². The Labute approximate surface area is 195 Å². The minimum absolute atomic E-state index is 0.0261. The fourth-order valence-corrected chi connectivity index (χ4v) is 4.51. The van der Waals surface area contributed by atoms with Crippen LogP contribution in [-0.2, 0) is 22.5 Å². The second-order valence-corrected chi connectivity index (χ2v) is 8.52. The first-order chi connectivity index (χ1) is 16.0. The van der Waals surface area contributed by atoms with Crippen molar-refractivity contribution in [2.45, 2.75) is 26.8 Å². The van der Waals surface area contributed by atoms with E-state index < -0.39 is 0 Å². The van der Waals surface area contributed by atoms with Crippen molar-refractivity contribution in [3.05, 3.63) is 52.7 Å². The third kappa shape index (κ3) is 4.95. The molecule has 0 radical (unpaired) electrons. The number of rotatable bonds is 6. The molecule has 3 heterocycles. The van der Waals surface area contributed by atoms with Gasteiger partial charge in [0.15, 0.2) is 0 Å². The third-order valence-corrected chi connectivity index (χ3v) is 6.54. The molecular weight excluding hydrogens is 418 g/mol. The first-order valence-corrected chi connectivity index (χ1v) is 11.5. The first-order valence-electron chi connectivity index (χ1n) is 11.5. The average Bonchev–Trinajstić information content (AvgIpc) is 2.84. The molecule has 0 aliphatic carbocycles. The summed E-state index contributed by atoms with van der Waals surface area (Å²) in [7, 11) is 3.23. The zero-order valence-electron chi connectivity index (χ0n) is 20.0. The molecule has 33 heavy (non-hydrogen) atoms. The highest BCUT2D eigenvalue weighted by Gasteiger charge is 2.28. The third-order valence-electron chi connectivity index (χ3n) is 6.54. The average molecular weight is 452 g/mol. The normalized spacial score (nSPS) is 16.3. The Bertz CT molecular complexity index is 1030. The van der Waals surface area contributed by atoms with Crippen LogP contribution in [0, 0.1) is 13.8 Å². The van der Waals surface area contributed by atoms with Crippen LogP contribution in [0.5, 0.6) is 6.01 Å². The molecule has 0 saturated carbocycles. The van der Waals surface area contributed by atoms with Gasteiger partial charge in [-0.1, -0.05) is 18.2 Å². The molecule has 4 rings (SSSR count). The molecule has 1 saturated heterocycles. The number of anilines is 2. The van der Waals surface area contributed by atoms with Crippen LogP contribution in [0.2, 0.25) is 0 Å². The van der Waals surface area contributed by atoms with Crippen LogP contribution in [0.3, 0.4) is 0 Å². The lowest BCUT2D eigenvalue weighted by atomic mass is 10.0. The van der Waals surface area contributed by atoms with Crippen LogP contribution in [0.1, 0.15) is 22.4 Å². The number of hydrogen-bond acceptors (Lipinski definition) is 7. The maximum atomic E-state index is 12.4. The fourth-order valence-electron chi connectivity index (χ4n) is 4.51. The summed E-state index contributed by atoms with van der Waals surface area (Å²) in [6.45, 7) is 9.20. The molecule has 1 aromatic heterocycles. The van der Waals surface area contributed by atoms with Crippen molar-refractivity contribution in [1.29, 1.82) is 0 Å². The van der Waals surface area contributed by atoms with Crippen molar-refractivity contribution in [2.24, 2.45) is 0 Å². The second kappa shape index (κ2) is 10.2. The monoisotopic (exact) mass is 451 g/mol. The first kappa shape index (κ1) is 23.0. The van der Waals surface area contributed by atoms with Crippen LogP contribution in [0.4, 0.5) is 11.5 Å². The SMILES string of the molecule is COC/C=C/C(=O)N1CCN(c2nc(OC)nc3c2CCN(c2cccc(C)c2C)C3)CC1. The molecule has 1 amide bonds. The standard InChI is InChI=1S/C25H33N5O3/c1-18-7-5-8-22(19(18)2)30-11-10-20-21(17-30)26-25(33-4)27-24(20)29-14-12-28(13-15-29)23(31)9-6-16-32-3/h5-9H,10-17H2,1-4H3/b9-6+. The molecule has 2 aliphatic rings. The van der Waals surface area contributed by atoms with Gasteiger partial charge in [-0.25, -0.2) is 0 Å². The maximum absolute atomic E-state index is 12.4. The summed E-state index contributed by atoms with van der Waals surface area (Å²) in [6.07, 6.45) is 4.22. The molecule has 0 atom stereocenters. The summed E-state index contributed by atoms with van der Waals surface area (Å²) in [5, 5.41) is 0. The molecular formula is C25H33N5O3. The minimum atomic E-state index is 0.0261. The number of methoxy groups -OCH3 is 2. The van der Waals surface area contributed by atoms with Gasteiger partial charge in [0, 0.05) is 57.2 Å². The van der Waals surface area contributed by atoms with Gasteiger partial charge in [0.05, 0.1) is 26.0 Å². The van der Waals surface area contributed by atoms with Crippen LogP contribution >= 0.6 is 0 Å². The van der Waals surface area contributed by atoms with Gasteiger partial charge in [0.2, 0.25) is 5.91 Å². The Hall–Kier alpha value is -3.13. The summed E-state index contributed by atoms with van der Waals surface area (Å²) < 4.78 is 10.4. The number of aryl methyl sites for hydroxylation is 1. The number of hydrogen-bond donors (Lipinski definition) is 0. The highest BCUT2D eigenvalue weighted by molar-refractivity contribution is 5.87. The van der Waals surface area contributed by atoms with Crippen molar-refractivity contribution in [2.75, 3.05) is 63.4 Å². The van der Waals surface area contributed by atoms with E-state index in [0.717, 1.165) is 44.1 Å². The molecule has 176 valence electrons. The smallest absolute Gasteiger partial charge is 0.318 e. The van der Waals surface area contributed by atoms with Gasteiger partial charge in [0.25, 0.3) is 0 Å². The highest BCUT2D eigenvalue weighted by atomic mass is 16.5. The fraction of sp³-hybridized carbons (Fsp3) is 0.480. The van der Waals surface area contributed by atoms with E-state index in [1.165, 1.54) is 22.4 Å². The number of ether oxygens (including phenoxy) is 2. The topological polar surface area (TPSA) is 71.0 Å². The number of carbonyl (C=O) groups excluding carboxylic acids is 1. The van der Waals surface area contributed by atoms with Crippen LogP contribution in [0.25, 0.3) is 0 Å². The molecule has 2 aromatic rings. The van der Waals surface area contributed by atoms with Gasteiger partial charge in [0.1, 0.15) is 5.82 Å². The van der Waals surface area contributed by atoms with E-state index in [0.29, 0.717) is 25.7 Å². The van der Waals surface area contributed by atoms with E-state index in [-0.39, 0.29) is 5.91 Å². The summed E-state index contributed by atoms with van der Waals surface area (Å²) in [4.78, 5) is 28.4. The van der Waals surface area contributed by atoms with E-state index >= 15 is 0 Å². The van der Waals surface area contributed by atoms with E-state index in [2.05, 4.69) is 41.8 Å². The molecule has 8 heteroatoms.